The fourth-order valence-electron chi connectivity index (χ4n) is 2.77. The highest BCUT2D eigenvalue weighted by atomic mass is 35.5. The molecule has 0 spiro atoms. The van der Waals surface area contributed by atoms with Crippen LogP contribution in [0, 0.1) is 0 Å². The molecule has 3 rings (SSSR count). The third-order valence-electron chi connectivity index (χ3n) is 3.74. The Hall–Kier alpha value is -2.26. The predicted octanol–water partition coefficient (Wildman–Crippen LogP) is 5.24. The van der Waals surface area contributed by atoms with Crippen LogP contribution < -0.4 is 0 Å². The zero-order valence-electron chi connectivity index (χ0n) is 12.4. The van der Waals surface area contributed by atoms with Gasteiger partial charge in [-0.2, -0.15) is 0 Å². The van der Waals surface area contributed by atoms with Gasteiger partial charge >= 0.3 is 5.97 Å². The Morgan fingerprint density at radius 2 is 1.77 bits per heavy atom. The van der Waals surface area contributed by atoms with E-state index in [1.165, 1.54) is 0 Å². The SMILES string of the molecule is CC(C)n1c(-c2ccc(C(=O)O)cc2)cc2cc(Cl)ccc21. The molecule has 3 nitrogen and oxygen atoms in total. The van der Waals surface area contributed by atoms with Gasteiger partial charge in [-0.1, -0.05) is 23.7 Å². The number of carboxylic acid groups (broad SMARTS) is 1. The molecule has 1 N–H and O–H groups in total. The Bertz CT molecular complexity index is 847. The topological polar surface area (TPSA) is 42.2 Å². The maximum absolute atomic E-state index is 11.0. The largest absolute Gasteiger partial charge is 0.478 e. The third kappa shape index (κ3) is 2.48. The van der Waals surface area contributed by atoms with Gasteiger partial charge in [0.05, 0.1) is 5.56 Å². The molecular weight excluding hydrogens is 298 g/mol. The van der Waals surface area contributed by atoms with Crippen LogP contribution in [0.5, 0.6) is 0 Å². The van der Waals surface area contributed by atoms with Crippen LogP contribution in [-0.2, 0) is 0 Å². The molecular formula is C18H16ClNO2. The van der Waals surface area contributed by atoms with Crippen molar-refractivity contribution in [2.75, 3.05) is 0 Å². The first-order valence-corrected chi connectivity index (χ1v) is 7.49. The summed E-state index contributed by atoms with van der Waals surface area (Å²) in [5, 5.41) is 10.8. The number of carboxylic acids is 1. The highest BCUT2D eigenvalue weighted by Gasteiger charge is 2.14. The second-order valence-corrected chi connectivity index (χ2v) is 6.02. The average Bonchev–Trinajstić information content (AvgIpc) is 2.85. The summed E-state index contributed by atoms with van der Waals surface area (Å²) in [7, 11) is 0. The van der Waals surface area contributed by atoms with E-state index in [1.54, 1.807) is 12.1 Å². The van der Waals surface area contributed by atoms with E-state index in [0.29, 0.717) is 10.6 Å². The molecule has 0 aliphatic carbocycles. The second kappa shape index (κ2) is 5.50. The van der Waals surface area contributed by atoms with Crippen molar-refractivity contribution in [3.05, 3.63) is 59.1 Å². The summed E-state index contributed by atoms with van der Waals surface area (Å²) in [6.07, 6.45) is 0. The summed E-state index contributed by atoms with van der Waals surface area (Å²) in [6, 6.07) is 15.2. The molecule has 0 amide bonds. The molecule has 0 atom stereocenters. The standard InChI is InChI=1S/C18H16ClNO2/c1-11(2)20-16-8-7-15(19)9-14(16)10-17(20)12-3-5-13(6-4-12)18(21)22/h3-11H,1-2H3,(H,21,22). The van der Waals surface area contributed by atoms with E-state index in [-0.39, 0.29) is 6.04 Å². The number of hydrogen-bond donors (Lipinski definition) is 1. The van der Waals surface area contributed by atoms with Gasteiger partial charge in [-0.05, 0) is 55.8 Å². The lowest BCUT2D eigenvalue weighted by Gasteiger charge is -2.15. The summed E-state index contributed by atoms with van der Waals surface area (Å²) in [4.78, 5) is 11.0. The van der Waals surface area contributed by atoms with E-state index in [9.17, 15) is 4.79 Å². The molecule has 22 heavy (non-hydrogen) atoms. The quantitative estimate of drug-likeness (QED) is 0.718. The highest BCUT2D eigenvalue weighted by Crippen LogP contribution is 2.32. The van der Waals surface area contributed by atoms with E-state index in [4.69, 9.17) is 16.7 Å². The van der Waals surface area contributed by atoms with Crippen molar-refractivity contribution in [3.63, 3.8) is 0 Å². The molecule has 0 radical (unpaired) electrons. The number of fused-ring (bicyclic) bond motifs is 1. The van der Waals surface area contributed by atoms with Crippen LogP contribution in [0.1, 0.15) is 30.2 Å². The van der Waals surface area contributed by atoms with E-state index in [1.807, 2.05) is 30.3 Å². The molecule has 0 bridgehead atoms. The van der Waals surface area contributed by atoms with Crippen LogP contribution >= 0.6 is 11.6 Å². The molecule has 2 aromatic carbocycles. The maximum Gasteiger partial charge on any atom is 0.335 e. The van der Waals surface area contributed by atoms with Crippen LogP contribution in [0.4, 0.5) is 0 Å². The number of nitrogens with zero attached hydrogens (tertiary/aromatic N) is 1. The Morgan fingerprint density at radius 1 is 1.09 bits per heavy atom. The van der Waals surface area contributed by atoms with Crippen molar-refractivity contribution in [1.29, 1.82) is 0 Å². The van der Waals surface area contributed by atoms with Gasteiger partial charge in [0.1, 0.15) is 0 Å². The molecule has 0 saturated carbocycles. The number of aromatic carboxylic acids is 1. The van der Waals surface area contributed by atoms with Crippen molar-refractivity contribution in [1.82, 2.24) is 4.57 Å². The van der Waals surface area contributed by atoms with E-state index < -0.39 is 5.97 Å². The Morgan fingerprint density at radius 3 is 2.36 bits per heavy atom. The summed E-state index contributed by atoms with van der Waals surface area (Å²) in [5.41, 5.74) is 3.46. The predicted molar refractivity (Wildman–Crippen MR) is 89.7 cm³/mol. The minimum Gasteiger partial charge on any atom is -0.478 e. The molecule has 112 valence electrons. The highest BCUT2D eigenvalue weighted by molar-refractivity contribution is 6.31. The lowest BCUT2D eigenvalue weighted by molar-refractivity contribution is 0.0697. The molecule has 0 aliphatic heterocycles. The summed E-state index contributed by atoms with van der Waals surface area (Å²) in [6.45, 7) is 4.26. The Labute approximate surface area is 133 Å². The van der Waals surface area contributed by atoms with Crippen LogP contribution in [0.2, 0.25) is 5.02 Å². The van der Waals surface area contributed by atoms with Gasteiger partial charge in [-0.25, -0.2) is 4.79 Å². The monoisotopic (exact) mass is 313 g/mol. The van der Waals surface area contributed by atoms with Gasteiger partial charge in [0.2, 0.25) is 0 Å². The maximum atomic E-state index is 11.0. The molecule has 0 saturated heterocycles. The van der Waals surface area contributed by atoms with Crippen LogP contribution in [0.15, 0.2) is 48.5 Å². The molecule has 3 aromatic rings. The lowest BCUT2D eigenvalue weighted by atomic mass is 10.1. The number of benzene rings is 2. The van der Waals surface area contributed by atoms with Gasteiger partial charge in [0, 0.05) is 27.7 Å². The van der Waals surface area contributed by atoms with Gasteiger partial charge < -0.3 is 9.67 Å². The Kier molecular flexibility index (Phi) is 3.67. The van der Waals surface area contributed by atoms with Gasteiger partial charge in [0.25, 0.3) is 0 Å². The van der Waals surface area contributed by atoms with Crippen molar-refractivity contribution in [2.24, 2.45) is 0 Å². The summed E-state index contributed by atoms with van der Waals surface area (Å²) in [5.74, 6) is -0.914. The first kappa shape index (κ1) is 14.7. The molecule has 0 unspecified atom stereocenters. The fraction of sp³-hybridized carbons (Fsp3) is 0.167. The zero-order valence-corrected chi connectivity index (χ0v) is 13.1. The number of hydrogen-bond acceptors (Lipinski definition) is 1. The Balaban J connectivity index is 2.20. The molecule has 0 aliphatic rings. The van der Waals surface area contributed by atoms with E-state index in [2.05, 4.69) is 24.5 Å². The van der Waals surface area contributed by atoms with Gasteiger partial charge in [0.15, 0.2) is 0 Å². The van der Waals surface area contributed by atoms with Crippen molar-refractivity contribution in [2.45, 2.75) is 19.9 Å². The number of aromatic nitrogens is 1. The van der Waals surface area contributed by atoms with Crippen LogP contribution in [0.3, 0.4) is 0 Å². The zero-order chi connectivity index (χ0) is 15.9. The summed E-state index contributed by atoms with van der Waals surface area (Å²) >= 11 is 6.09. The number of carbonyl (C=O) groups is 1. The van der Waals surface area contributed by atoms with Crippen LogP contribution in [0.25, 0.3) is 22.2 Å². The van der Waals surface area contributed by atoms with Crippen LogP contribution in [-0.4, -0.2) is 15.6 Å². The summed E-state index contributed by atoms with van der Waals surface area (Å²) < 4.78 is 2.24. The minimum absolute atomic E-state index is 0.285. The van der Waals surface area contributed by atoms with E-state index >= 15 is 0 Å². The number of rotatable bonds is 3. The van der Waals surface area contributed by atoms with Gasteiger partial charge in [-0.15, -0.1) is 0 Å². The molecule has 0 fully saturated rings. The van der Waals surface area contributed by atoms with E-state index in [0.717, 1.165) is 22.2 Å². The lowest BCUT2D eigenvalue weighted by Crippen LogP contribution is -2.02. The second-order valence-electron chi connectivity index (χ2n) is 5.58. The molecule has 1 heterocycles. The first-order valence-electron chi connectivity index (χ1n) is 7.11. The average molecular weight is 314 g/mol. The third-order valence-corrected chi connectivity index (χ3v) is 3.98. The first-order chi connectivity index (χ1) is 10.5. The smallest absolute Gasteiger partial charge is 0.335 e. The van der Waals surface area contributed by atoms with Crippen molar-refractivity contribution >= 4 is 28.5 Å². The normalized spacial score (nSPS) is 11.3. The fourth-order valence-corrected chi connectivity index (χ4v) is 2.95. The molecule has 4 heteroatoms. The minimum atomic E-state index is -0.914. The van der Waals surface area contributed by atoms with Crippen molar-refractivity contribution < 1.29 is 9.90 Å². The van der Waals surface area contributed by atoms with Gasteiger partial charge in [-0.3, -0.25) is 0 Å². The number of halogens is 1. The molecule has 1 aromatic heterocycles. The van der Waals surface area contributed by atoms with Crippen molar-refractivity contribution in [3.8, 4) is 11.3 Å².